The van der Waals surface area contributed by atoms with Gasteiger partial charge in [0, 0.05) is 35.2 Å². The van der Waals surface area contributed by atoms with E-state index in [0.29, 0.717) is 5.82 Å². The van der Waals surface area contributed by atoms with Crippen molar-refractivity contribution in [1.29, 1.82) is 0 Å². The lowest BCUT2D eigenvalue weighted by atomic mass is 10.2. The summed E-state index contributed by atoms with van der Waals surface area (Å²) in [7, 11) is 0. The molecule has 0 radical (unpaired) electrons. The largest absolute Gasteiger partial charge is 0.340 e. The molecule has 5 heteroatoms. The van der Waals surface area contributed by atoms with Crippen molar-refractivity contribution in [3.63, 3.8) is 0 Å². The van der Waals surface area contributed by atoms with E-state index in [4.69, 9.17) is 0 Å². The van der Waals surface area contributed by atoms with Crippen LogP contribution in [0.1, 0.15) is 0 Å². The lowest BCUT2D eigenvalue weighted by molar-refractivity contribution is 1.20. The minimum atomic E-state index is 0.656. The molecule has 3 heterocycles. The van der Waals surface area contributed by atoms with E-state index in [2.05, 4.69) is 25.3 Å². The molecule has 0 aliphatic rings. The van der Waals surface area contributed by atoms with Gasteiger partial charge in [-0.2, -0.15) is 0 Å². The number of aromatic nitrogens is 4. The summed E-state index contributed by atoms with van der Waals surface area (Å²) in [6.07, 6.45) is 7.03. The van der Waals surface area contributed by atoms with Gasteiger partial charge in [0.05, 0.1) is 11.7 Å². The first-order valence-corrected chi connectivity index (χ1v) is 7.24. The van der Waals surface area contributed by atoms with E-state index in [1.54, 1.807) is 18.6 Å². The van der Waals surface area contributed by atoms with Crippen molar-refractivity contribution in [3.05, 3.63) is 73.3 Å². The van der Waals surface area contributed by atoms with Crippen LogP contribution in [0.5, 0.6) is 0 Å². The third kappa shape index (κ3) is 2.85. The molecule has 0 saturated carbocycles. The summed E-state index contributed by atoms with van der Waals surface area (Å²) >= 11 is 0. The van der Waals surface area contributed by atoms with Gasteiger partial charge in [0.25, 0.3) is 0 Å². The van der Waals surface area contributed by atoms with Crippen LogP contribution >= 0.6 is 0 Å². The molecule has 0 atom stereocenters. The van der Waals surface area contributed by atoms with Crippen molar-refractivity contribution in [2.24, 2.45) is 0 Å². The highest BCUT2D eigenvalue weighted by molar-refractivity contribution is 5.78. The van der Waals surface area contributed by atoms with Gasteiger partial charge in [-0.3, -0.25) is 4.98 Å². The molecule has 1 N–H and O–H groups in total. The summed E-state index contributed by atoms with van der Waals surface area (Å²) in [5, 5.41) is 4.24. The Hall–Kier alpha value is -3.34. The van der Waals surface area contributed by atoms with Gasteiger partial charge >= 0.3 is 0 Å². The number of rotatable bonds is 3. The van der Waals surface area contributed by atoms with Gasteiger partial charge in [-0.05, 0) is 30.3 Å². The van der Waals surface area contributed by atoms with E-state index < -0.39 is 0 Å². The van der Waals surface area contributed by atoms with Crippen LogP contribution in [0.25, 0.3) is 22.3 Å². The van der Waals surface area contributed by atoms with E-state index in [9.17, 15) is 0 Å². The second-order valence-electron chi connectivity index (χ2n) is 5.05. The highest BCUT2D eigenvalue weighted by Gasteiger charge is 2.05. The highest BCUT2D eigenvalue weighted by Crippen LogP contribution is 2.21. The Morgan fingerprint density at radius 3 is 2.65 bits per heavy atom. The fourth-order valence-corrected chi connectivity index (χ4v) is 2.32. The van der Waals surface area contributed by atoms with Crippen LogP contribution in [-0.2, 0) is 0 Å². The SMILES string of the molecule is c1ccc(Nc2cc(-c3ncc4ccncc4n3)ccn2)cc1. The zero-order valence-electron chi connectivity index (χ0n) is 12.2. The summed E-state index contributed by atoms with van der Waals surface area (Å²) in [6.45, 7) is 0. The average molecular weight is 299 g/mol. The lowest BCUT2D eigenvalue weighted by Crippen LogP contribution is -1.95. The van der Waals surface area contributed by atoms with E-state index in [1.165, 1.54) is 0 Å². The number of anilines is 2. The number of benzene rings is 1. The molecule has 3 aromatic heterocycles. The first-order chi connectivity index (χ1) is 11.4. The maximum Gasteiger partial charge on any atom is 0.160 e. The van der Waals surface area contributed by atoms with E-state index in [1.807, 2.05) is 54.7 Å². The first-order valence-electron chi connectivity index (χ1n) is 7.24. The maximum atomic E-state index is 4.56. The normalized spacial score (nSPS) is 10.6. The summed E-state index contributed by atoms with van der Waals surface area (Å²) in [4.78, 5) is 17.4. The first kappa shape index (κ1) is 13.3. The molecule has 0 saturated heterocycles. The van der Waals surface area contributed by atoms with Crippen molar-refractivity contribution in [2.45, 2.75) is 0 Å². The van der Waals surface area contributed by atoms with Crippen molar-refractivity contribution in [2.75, 3.05) is 5.32 Å². The predicted octanol–water partition coefficient (Wildman–Crippen LogP) is 3.83. The molecule has 0 unspecified atom stereocenters. The quantitative estimate of drug-likeness (QED) is 0.623. The molecule has 5 nitrogen and oxygen atoms in total. The summed E-state index contributed by atoms with van der Waals surface area (Å²) in [5.74, 6) is 1.41. The number of hydrogen-bond acceptors (Lipinski definition) is 5. The molecule has 0 amide bonds. The lowest BCUT2D eigenvalue weighted by Gasteiger charge is -2.07. The monoisotopic (exact) mass is 299 g/mol. The Balaban J connectivity index is 1.69. The Morgan fingerprint density at radius 2 is 1.74 bits per heavy atom. The van der Waals surface area contributed by atoms with Gasteiger partial charge in [-0.1, -0.05) is 18.2 Å². The molecule has 0 spiro atoms. The number of fused-ring (bicyclic) bond motifs is 1. The van der Waals surface area contributed by atoms with Gasteiger partial charge < -0.3 is 5.32 Å². The highest BCUT2D eigenvalue weighted by atomic mass is 15.0. The number of nitrogens with one attached hydrogen (secondary N) is 1. The summed E-state index contributed by atoms with van der Waals surface area (Å²) in [6, 6.07) is 15.6. The summed E-state index contributed by atoms with van der Waals surface area (Å²) < 4.78 is 0. The van der Waals surface area contributed by atoms with E-state index in [-0.39, 0.29) is 0 Å². The fraction of sp³-hybridized carbons (Fsp3) is 0. The molecule has 23 heavy (non-hydrogen) atoms. The fourth-order valence-electron chi connectivity index (χ4n) is 2.32. The van der Waals surface area contributed by atoms with Crippen LogP contribution in [0, 0.1) is 0 Å². The van der Waals surface area contributed by atoms with Crippen LogP contribution in [0.4, 0.5) is 11.5 Å². The smallest absolute Gasteiger partial charge is 0.160 e. The van der Waals surface area contributed by atoms with Crippen LogP contribution in [0.15, 0.2) is 73.3 Å². The number of pyridine rings is 2. The van der Waals surface area contributed by atoms with E-state index >= 15 is 0 Å². The number of hydrogen-bond donors (Lipinski definition) is 1. The van der Waals surface area contributed by atoms with Crippen molar-refractivity contribution in [3.8, 4) is 11.4 Å². The topological polar surface area (TPSA) is 63.6 Å². The minimum Gasteiger partial charge on any atom is -0.340 e. The third-order valence-electron chi connectivity index (χ3n) is 3.45. The molecule has 0 fully saturated rings. The van der Waals surface area contributed by atoms with Crippen molar-refractivity contribution < 1.29 is 0 Å². The van der Waals surface area contributed by atoms with Gasteiger partial charge in [-0.25, -0.2) is 15.0 Å². The molecule has 4 aromatic rings. The molecule has 0 bridgehead atoms. The molecular formula is C18H13N5. The molecule has 4 rings (SSSR count). The van der Waals surface area contributed by atoms with Gasteiger partial charge in [-0.15, -0.1) is 0 Å². The number of nitrogens with zero attached hydrogens (tertiary/aromatic N) is 4. The standard InChI is InChI=1S/C18H13N5/c1-2-4-15(5-3-1)22-17-10-13(7-9-20-17)18-21-11-14-6-8-19-12-16(14)23-18/h1-12H,(H,20,22). The van der Waals surface area contributed by atoms with E-state index in [0.717, 1.165) is 28.0 Å². The Labute approximate surface area is 133 Å². The van der Waals surface area contributed by atoms with Gasteiger partial charge in [0.15, 0.2) is 5.82 Å². The zero-order chi connectivity index (χ0) is 15.5. The van der Waals surface area contributed by atoms with Crippen LogP contribution < -0.4 is 5.32 Å². The average Bonchev–Trinajstić information content (AvgIpc) is 2.62. The molecule has 110 valence electrons. The molecule has 0 aliphatic heterocycles. The molecular weight excluding hydrogens is 286 g/mol. The predicted molar refractivity (Wildman–Crippen MR) is 90.3 cm³/mol. The second kappa shape index (κ2) is 5.81. The van der Waals surface area contributed by atoms with Crippen LogP contribution in [-0.4, -0.2) is 19.9 Å². The Morgan fingerprint density at radius 1 is 0.826 bits per heavy atom. The molecule has 1 aromatic carbocycles. The zero-order valence-corrected chi connectivity index (χ0v) is 12.2. The Bertz CT molecular complexity index is 953. The van der Waals surface area contributed by atoms with Crippen LogP contribution in [0.2, 0.25) is 0 Å². The number of para-hydroxylation sites is 1. The van der Waals surface area contributed by atoms with Crippen LogP contribution in [0.3, 0.4) is 0 Å². The second-order valence-corrected chi connectivity index (χ2v) is 5.05. The molecule has 0 aliphatic carbocycles. The summed E-state index contributed by atoms with van der Waals surface area (Å²) in [5.41, 5.74) is 2.72. The van der Waals surface area contributed by atoms with Gasteiger partial charge in [0.2, 0.25) is 0 Å². The maximum absolute atomic E-state index is 4.56. The van der Waals surface area contributed by atoms with Crippen molar-refractivity contribution >= 4 is 22.4 Å². The minimum absolute atomic E-state index is 0.656. The van der Waals surface area contributed by atoms with Crippen molar-refractivity contribution in [1.82, 2.24) is 19.9 Å². The Kier molecular flexibility index (Phi) is 3.37. The van der Waals surface area contributed by atoms with Gasteiger partial charge in [0.1, 0.15) is 5.82 Å². The third-order valence-corrected chi connectivity index (χ3v) is 3.45.